The number of benzene rings is 3. The van der Waals surface area contributed by atoms with Gasteiger partial charge in [0.1, 0.15) is 52.5 Å². The fraction of sp³-hybridized carbons (Fsp3) is 0.271. The molecule has 0 bridgehead atoms. The van der Waals surface area contributed by atoms with E-state index in [0.29, 0.717) is 44.3 Å². The number of rotatable bonds is 13. The molecule has 3 atom stereocenters. The number of ether oxygens (including phenoxy) is 4. The van der Waals surface area contributed by atoms with Crippen molar-refractivity contribution in [1.29, 1.82) is 0 Å². The van der Waals surface area contributed by atoms with E-state index < -0.39 is 35.2 Å². The first-order chi connectivity index (χ1) is 38.2. The zero-order chi connectivity index (χ0) is 55.6. The summed E-state index contributed by atoms with van der Waals surface area (Å²) >= 11 is 0. The summed E-state index contributed by atoms with van der Waals surface area (Å²) in [5.74, 6) is -1.15. The molecular weight excluding hydrogens is 1020 g/mol. The van der Waals surface area contributed by atoms with Crippen molar-refractivity contribution in [1.82, 2.24) is 34.1 Å². The third-order valence-electron chi connectivity index (χ3n) is 14.1. The van der Waals surface area contributed by atoms with Gasteiger partial charge in [0.05, 0.1) is 31.3 Å². The second kappa shape index (κ2) is 24.4. The van der Waals surface area contributed by atoms with Crippen molar-refractivity contribution < 1.29 is 46.8 Å². The monoisotopic (exact) mass is 1080 g/mol. The highest BCUT2D eigenvalue weighted by molar-refractivity contribution is 5.96. The van der Waals surface area contributed by atoms with Gasteiger partial charge in [-0.25, -0.2) is 37.9 Å². The third kappa shape index (κ3) is 12.3. The third-order valence-corrected chi connectivity index (χ3v) is 14.1. The highest BCUT2D eigenvalue weighted by Gasteiger charge is 2.41. The first-order valence-corrected chi connectivity index (χ1v) is 25.4. The van der Waals surface area contributed by atoms with Gasteiger partial charge in [0.2, 0.25) is 5.56 Å². The van der Waals surface area contributed by atoms with Gasteiger partial charge in [0, 0.05) is 81.4 Å². The Bertz CT molecular complexity index is 3400. The van der Waals surface area contributed by atoms with E-state index in [1.54, 1.807) is 61.1 Å². The number of aromatic nitrogens is 7. The van der Waals surface area contributed by atoms with Crippen molar-refractivity contribution in [2.75, 3.05) is 33.5 Å². The van der Waals surface area contributed by atoms with Crippen molar-refractivity contribution in [2.24, 2.45) is 0 Å². The number of aliphatic hydroxyl groups is 1. The molecule has 3 unspecified atom stereocenters. The fourth-order valence-electron chi connectivity index (χ4n) is 10.1. The van der Waals surface area contributed by atoms with Gasteiger partial charge in [-0.05, 0) is 127 Å². The van der Waals surface area contributed by atoms with Crippen LogP contribution in [0.25, 0.3) is 0 Å². The molecule has 0 amide bonds. The van der Waals surface area contributed by atoms with Gasteiger partial charge >= 0.3 is 5.97 Å². The zero-order valence-corrected chi connectivity index (χ0v) is 42.9. The predicted molar refractivity (Wildman–Crippen MR) is 281 cm³/mol. The molecule has 5 aromatic heterocycles. The number of aromatic amines is 1. The van der Waals surface area contributed by atoms with Crippen LogP contribution in [0, 0.1) is 17.5 Å². The summed E-state index contributed by atoms with van der Waals surface area (Å²) in [4.78, 5) is 79.0. The Balaban J connectivity index is 0.000000148. The quantitative estimate of drug-likeness (QED) is 0.0856. The Morgan fingerprint density at radius 1 is 0.557 bits per heavy atom. The van der Waals surface area contributed by atoms with E-state index in [1.165, 1.54) is 89.6 Å². The van der Waals surface area contributed by atoms with Gasteiger partial charge < -0.3 is 38.2 Å². The van der Waals surface area contributed by atoms with Gasteiger partial charge in [-0.1, -0.05) is 36.4 Å². The average molecular weight is 1080 g/mol. The molecule has 0 spiro atoms. The molecule has 3 saturated heterocycles. The summed E-state index contributed by atoms with van der Waals surface area (Å²) in [6.45, 7) is 1.46. The van der Waals surface area contributed by atoms with Crippen molar-refractivity contribution >= 4 is 11.8 Å². The molecule has 20 heteroatoms. The SMILES string of the molecule is COC(=O)c1cnc(Cn2ccc(C3(c4ccc(F)cc4)CCCO3)cc2=O)nc1.O=C(CO)c1cnc(Cn2ccc(C3(c4ccc(F)cc4)CCCO3)cc2=O)nc1.O=c1cc(C2(c3ccc(F)cc3)CCCO2)cc[nH]1. The molecule has 17 nitrogen and oxygen atoms in total. The van der Waals surface area contributed by atoms with Crippen molar-refractivity contribution in [3.63, 3.8) is 0 Å². The largest absolute Gasteiger partial charge is 0.465 e. The number of carbonyl (C=O) groups excluding carboxylic acids is 2. The molecule has 0 radical (unpaired) electrons. The van der Waals surface area contributed by atoms with Gasteiger partial charge in [-0.2, -0.15) is 0 Å². The predicted octanol–water partition coefficient (Wildman–Crippen LogP) is 7.29. The van der Waals surface area contributed by atoms with E-state index >= 15 is 0 Å². The lowest BCUT2D eigenvalue weighted by Crippen LogP contribution is -2.30. The Kier molecular flexibility index (Phi) is 17.1. The molecule has 406 valence electrons. The number of esters is 1. The summed E-state index contributed by atoms with van der Waals surface area (Å²) in [5, 5.41) is 8.88. The number of hydrogen-bond donors (Lipinski definition) is 2. The Hall–Kier alpha value is -8.56. The fourth-order valence-corrected chi connectivity index (χ4v) is 10.1. The Labute approximate surface area is 450 Å². The number of H-pyrrole nitrogens is 1. The van der Waals surface area contributed by atoms with Crippen LogP contribution in [0.2, 0.25) is 0 Å². The second-order valence-corrected chi connectivity index (χ2v) is 18.9. The van der Waals surface area contributed by atoms with Crippen LogP contribution in [0.4, 0.5) is 13.2 Å². The van der Waals surface area contributed by atoms with Crippen molar-refractivity contribution in [3.8, 4) is 0 Å². The minimum Gasteiger partial charge on any atom is -0.465 e. The minimum atomic E-state index is -0.769. The number of halogens is 3. The molecular formula is C59H54F3N7O10. The summed E-state index contributed by atoms with van der Waals surface area (Å²) in [5.41, 5.74) is 2.45. The number of pyridine rings is 3. The lowest BCUT2D eigenvalue weighted by Gasteiger charge is -2.29. The lowest BCUT2D eigenvalue weighted by molar-refractivity contribution is 0.0355. The van der Waals surface area contributed by atoms with E-state index in [-0.39, 0.29) is 58.3 Å². The standard InChI is InChI=1S/2C22H20FN3O4.C15H14FNO2/c1-29-21(28)15-12-24-19(25-13-15)14-26-9-7-17(11-20(26)27)22(8-2-10-30-22)16-3-5-18(23)6-4-16;23-18-4-2-16(3-5-18)22(7-1-9-30-22)17-6-8-26(21(29)10-17)13-20-24-11-15(12-25-20)19(28)14-27;16-13-4-2-11(3-5-13)15(7-1-9-19-15)12-6-8-17-14(18)10-12/h3-7,9,11-13H,2,8,10,14H2,1H3;2-6,8,10-12,27H,1,7,9,13-14H2;2-6,8,10H,1,7,9H2,(H,17,18). The van der Waals surface area contributed by atoms with Crippen LogP contribution in [0.1, 0.15) is 104 Å². The Morgan fingerprint density at radius 2 is 0.937 bits per heavy atom. The van der Waals surface area contributed by atoms with E-state index in [9.17, 15) is 37.1 Å². The van der Waals surface area contributed by atoms with Crippen LogP contribution in [-0.4, -0.2) is 84.5 Å². The molecule has 8 heterocycles. The maximum absolute atomic E-state index is 13.4. The van der Waals surface area contributed by atoms with Crippen LogP contribution in [0.5, 0.6) is 0 Å². The number of ketones is 1. The van der Waals surface area contributed by atoms with E-state index in [2.05, 4.69) is 29.7 Å². The molecule has 3 aliphatic heterocycles. The first kappa shape index (κ1) is 55.2. The molecule has 11 rings (SSSR count). The number of nitrogens with zero attached hydrogens (tertiary/aromatic N) is 6. The van der Waals surface area contributed by atoms with Gasteiger partial charge in [-0.3, -0.25) is 19.2 Å². The highest BCUT2D eigenvalue weighted by atomic mass is 19.1. The Morgan fingerprint density at radius 3 is 1.27 bits per heavy atom. The number of nitrogens with one attached hydrogen (secondary N) is 1. The minimum absolute atomic E-state index is 0.136. The summed E-state index contributed by atoms with van der Waals surface area (Å²) < 4.78 is 65.5. The summed E-state index contributed by atoms with van der Waals surface area (Å²) in [7, 11) is 1.28. The van der Waals surface area contributed by atoms with E-state index in [1.807, 2.05) is 18.2 Å². The van der Waals surface area contributed by atoms with Gasteiger partial charge in [0.15, 0.2) is 5.78 Å². The average Bonchev–Trinajstić information content (AvgIpc) is 4.41. The molecule has 3 aromatic carbocycles. The zero-order valence-electron chi connectivity index (χ0n) is 42.9. The van der Waals surface area contributed by atoms with Crippen molar-refractivity contribution in [2.45, 2.75) is 68.4 Å². The lowest BCUT2D eigenvalue weighted by atomic mass is 9.84. The highest BCUT2D eigenvalue weighted by Crippen LogP contribution is 2.44. The van der Waals surface area contributed by atoms with Gasteiger partial charge in [-0.15, -0.1) is 0 Å². The maximum Gasteiger partial charge on any atom is 0.341 e. The smallest absolute Gasteiger partial charge is 0.341 e. The molecule has 2 N–H and O–H groups in total. The second-order valence-electron chi connectivity index (χ2n) is 18.9. The van der Waals surface area contributed by atoms with E-state index in [4.69, 9.17) is 19.3 Å². The number of carbonyl (C=O) groups is 2. The number of hydrogen-bond acceptors (Lipinski definition) is 14. The molecule has 79 heavy (non-hydrogen) atoms. The van der Waals surface area contributed by atoms with Crippen LogP contribution in [-0.2, 0) is 48.8 Å². The van der Waals surface area contributed by atoms with Gasteiger partial charge in [0.25, 0.3) is 11.1 Å². The van der Waals surface area contributed by atoms with Crippen molar-refractivity contribution in [3.05, 3.63) is 257 Å². The molecule has 0 saturated carbocycles. The van der Waals surface area contributed by atoms with Crippen LogP contribution in [0.3, 0.4) is 0 Å². The van der Waals surface area contributed by atoms with Crippen LogP contribution in [0.15, 0.2) is 167 Å². The molecule has 8 aromatic rings. The number of aliphatic hydroxyl groups excluding tert-OH is 1. The van der Waals surface area contributed by atoms with E-state index in [0.717, 1.165) is 59.1 Å². The molecule has 0 aliphatic carbocycles. The normalized spacial score (nSPS) is 19.4. The van der Waals surface area contributed by atoms with Crippen LogP contribution < -0.4 is 16.7 Å². The topological polar surface area (TPSA) is 220 Å². The molecule has 3 aliphatic rings. The molecule has 3 fully saturated rings. The first-order valence-electron chi connectivity index (χ1n) is 25.4. The maximum atomic E-state index is 13.4. The van der Waals surface area contributed by atoms with Crippen LogP contribution >= 0.6 is 0 Å². The number of methoxy groups -OCH3 is 1. The number of Topliss-reactive ketones (excluding diaryl/α,β-unsaturated/α-hetero) is 1. The summed E-state index contributed by atoms with van der Waals surface area (Å²) in [6, 6.07) is 28.8. The summed E-state index contributed by atoms with van der Waals surface area (Å²) in [6.07, 6.45) is 15.1.